The van der Waals surface area contributed by atoms with Crippen molar-refractivity contribution in [2.45, 2.75) is 45.9 Å². The molecule has 2 rings (SSSR count). The first kappa shape index (κ1) is 18.2. The summed E-state index contributed by atoms with van der Waals surface area (Å²) in [5, 5.41) is 0. The van der Waals surface area contributed by atoms with Crippen LogP contribution in [0, 0.1) is 5.82 Å². The fourth-order valence-corrected chi connectivity index (χ4v) is 3.24. The van der Waals surface area contributed by atoms with Gasteiger partial charge in [-0.1, -0.05) is 15.9 Å². The molecule has 1 aliphatic rings. The van der Waals surface area contributed by atoms with Crippen LogP contribution in [0.3, 0.4) is 0 Å². The van der Waals surface area contributed by atoms with E-state index in [1.165, 1.54) is 6.07 Å². The van der Waals surface area contributed by atoms with Crippen molar-refractivity contribution in [1.29, 1.82) is 0 Å². The molecule has 1 fully saturated rings. The summed E-state index contributed by atoms with van der Waals surface area (Å²) in [6.07, 6.45) is -0.266. The molecule has 1 saturated heterocycles. The van der Waals surface area contributed by atoms with Gasteiger partial charge in [0, 0.05) is 36.7 Å². The van der Waals surface area contributed by atoms with Crippen LogP contribution in [0.2, 0.25) is 0 Å². The molecule has 1 atom stereocenters. The Morgan fingerprint density at radius 3 is 2.61 bits per heavy atom. The Morgan fingerprint density at radius 2 is 2.04 bits per heavy atom. The molecule has 0 aliphatic carbocycles. The third kappa shape index (κ3) is 5.46. The van der Waals surface area contributed by atoms with Crippen molar-refractivity contribution in [1.82, 2.24) is 9.80 Å². The topological polar surface area (TPSA) is 32.8 Å². The molecular weight excluding hydrogens is 363 g/mol. The minimum absolute atomic E-state index is 0.0654. The summed E-state index contributed by atoms with van der Waals surface area (Å²) in [7, 11) is 0. The van der Waals surface area contributed by atoms with E-state index < -0.39 is 5.60 Å². The number of benzene rings is 1. The second-order valence-corrected chi connectivity index (χ2v) is 7.95. The highest BCUT2D eigenvalue weighted by Crippen LogP contribution is 2.20. The molecule has 1 amide bonds. The van der Waals surface area contributed by atoms with Crippen molar-refractivity contribution in [3.8, 4) is 0 Å². The summed E-state index contributed by atoms with van der Waals surface area (Å²) in [5.41, 5.74) is 0.441. The summed E-state index contributed by atoms with van der Waals surface area (Å²) in [6.45, 7) is 10.4. The lowest BCUT2D eigenvalue weighted by atomic mass is 10.1. The fraction of sp³-hybridized carbons (Fsp3) is 0.588. The van der Waals surface area contributed by atoms with Crippen LogP contribution in [0.1, 0.15) is 33.3 Å². The van der Waals surface area contributed by atoms with Gasteiger partial charge in [-0.25, -0.2) is 9.18 Å². The summed E-state index contributed by atoms with van der Waals surface area (Å²) < 4.78 is 19.7. The molecular formula is C17H24BrFN2O2. The number of halogens is 2. The maximum atomic E-state index is 13.5. The summed E-state index contributed by atoms with van der Waals surface area (Å²) in [6, 6.07) is 4.99. The summed E-state index contributed by atoms with van der Waals surface area (Å²) in [5.74, 6) is -0.241. The van der Waals surface area contributed by atoms with Crippen molar-refractivity contribution in [3.63, 3.8) is 0 Å². The molecule has 0 N–H and O–H groups in total. The highest BCUT2D eigenvalue weighted by Gasteiger charge is 2.30. The Labute approximate surface area is 145 Å². The Morgan fingerprint density at radius 1 is 1.35 bits per heavy atom. The van der Waals surface area contributed by atoms with Crippen LogP contribution in [0.5, 0.6) is 0 Å². The number of hydrogen-bond acceptors (Lipinski definition) is 3. The normalized spacial score (nSPS) is 19.7. The minimum Gasteiger partial charge on any atom is -0.444 e. The highest BCUT2D eigenvalue weighted by atomic mass is 79.9. The van der Waals surface area contributed by atoms with Gasteiger partial charge in [0.25, 0.3) is 0 Å². The SMILES string of the molecule is C[C@@H]1CN(Cc2cc(F)cc(Br)c2)CCN1C(=O)OC(C)(C)C. The van der Waals surface area contributed by atoms with Gasteiger partial charge in [-0.3, -0.25) is 4.90 Å². The number of carbonyl (C=O) groups is 1. The average Bonchev–Trinajstić information content (AvgIpc) is 2.34. The Bertz CT molecular complexity index is 554. The number of piperazine rings is 1. The Balaban J connectivity index is 1.94. The van der Waals surface area contributed by atoms with Gasteiger partial charge in [0.1, 0.15) is 11.4 Å². The van der Waals surface area contributed by atoms with Crippen LogP contribution in [0.4, 0.5) is 9.18 Å². The maximum Gasteiger partial charge on any atom is 0.410 e. The van der Waals surface area contributed by atoms with Gasteiger partial charge in [-0.05, 0) is 51.5 Å². The van der Waals surface area contributed by atoms with Crippen molar-refractivity contribution in [2.24, 2.45) is 0 Å². The van der Waals surface area contributed by atoms with E-state index in [0.717, 1.165) is 23.1 Å². The zero-order chi connectivity index (χ0) is 17.2. The molecule has 0 unspecified atom stereocenters. The number of amides is 1. The zero-order valence-corrected chi connectivity index (χ0v) is 15.7. The first-order valence-electron chi connectivity index (χ1n) is 7.81. The molecule has 1 aliphatic heterocycles. The van der Waals surface area contributed by atoms with Gasteiger partial charge in [0.15, 0.2) is 0 Å². The second kappa shape index (κ2) is 7.18. The van der Waals surface area contributed by atoms with Crippen molar-refractivity contribution < 1.29 is 13.9 Å². The highest BCUT2D eigenvalue weighted by molar-refractivity contribution is 9.10. The molecule has 128 valence electrons. The summed E-state index contributed by atoms with van der Waals surface area (Å²) >= 11 is 3.32. The average molecular weight is 387 g/mol. The lowest BCUT2D eigenvalue weighted by molar-refractivity contribution is 0.000558. The van der Waals surface area contributed by atoms with Gasteiger partial charge in [-0.2, -0.15) is 0 Å². The molecule has 0 radical (unpaired) electrons. The van der Waals surface area contributed by atoms with E-state index in [2.05, 4.69) is 20.8 Å². The number of carbonyl (C=O) groups excluding carboxylic acids is 1. The summed E-state index contributed by atoms with van der Waals surface area (Å²) in [4.78, 5) is 16.2. The number of nitrogens with zero attached hydrogens (tertiary/aromatic N) is 2. The molecule has 1 aromatic rings. The van der Waals surface area contributed by atoms with Gasteiger partial charge in [-0.15, -0.1) is 0 Å². The van der Waals surface area contributed by atoms with Crippen molar-refractivity contribution in [3.05, 3.63) is 34.1 Å². The number of rotatable bonds is 2. The van der Waals surface area contributed by atoms with E-state index in [-0.39, 0.29) is 18.0 Å². The van der Waals surface area contributed by atoms with E-state index in [1.54, 1.807) is 11.0 Å². The number of hydrogen-bond donors (Lipinski definition) is 0. The quantitative estimate of drug-likeness (QED) is 0.768. The van der Waals surface area contributed by atoms with E-state index in [0.29, 0.717) is 13.1 Å². The monoisotopic (exact) mass is 386 g/mol. The van der Waals surface area contributed by atoms with Crippen LogP contribution in [0.25, 0.3) is 0 Å². The van der Waals surface area contributed by atoms with E-state index in [9.17, 15) is 9.18 Å². The minimum atomic E-state index is -0.484. The van der Waals surface area contributed by atoms with Crippen LogP contribution in [0.15, 0.2) is 22.7 Å². The molecule has 1 heterocycles. The van der Waals surface area contributed by atoms with Crippen molar-refractivity contribution >= 4 is 22.0 Å². The lowest BCUT2D eigenvalue weighted by Gasteiger charge is -2.40. The second-order valence-electron chi connectivity index (χ2n) is 7.04. The Kier molecular flexibility index (Phi) is 5.68. The first-order valence-corrected chi connectivity index (χ1v) is 8.60. The first-order chi connectivity index (χ1) is 10.6. The Hall–Kier alpha value is -1.14. The molecule has 0 bridgehead atoms. The van der Waals surface area contributed by atoms with Crippen LogP contribution in [-0.2, 0) is 11.3 Å². The standard InChI is InChI=1S/C17H24BrFN2O2/c1-12-10-20(11-13-7-14(18)9-15(19)8-13)5-6-21(12)16(22)23-17(2,3)4/h7-9,12H,5-6,10-11H2,1-4H3/t12-/m1/s1. The predicted octanol–water partition coefficient (Wildman–Crippen LogP) is 4.03. The molecule has 6 heteroatoms. The van der Waals surface area contributed by atoms with Crippen molar-refractivity contribution in [2.75, 3.05) is 19.6 Å². The predicted molar refractivity (Wildman–Crippen MR) is 91.8 cm³/mol. The van der Waals surface area contributed by atoms with E-state index in [4.69, 9.17) is 4.74 Å². The molecule has 1 aromatic carbocycles. The third-order valence-corrected chi connectivity index (χ3v) is 4.13. The molecule has 4 nitrogen and oxygen atoms in total. The molecule has 0 aromatic heterocycles. The third-order valence-electron chi connectivity index (χ3n) is 3.67. The van der Waals surface area contributed by atoms with E-state index >= 15 is 0 Å². The van der Waals surface area contributed by atoms with Gasteiger partial charge in [0.2, 0.25) is 0 Å². The molecule has 0 spiro atoms. The smallest absolute Gasteiger partial charge is 0.410 e. The van der Waals surface area contributed by atoms with E-state index in [1.807, 2.05) is 33.8 Å². The van der Waals surface area contributed by atoms with Crippen LogP contribution < -0.4 is 0 Å². The molecule has 23 heavy (non-hydrogen) atoms. The molecule has 0 saturated carbocycles. The fourth-order valence-electron chi connectivity index (χ4n) is 2.73. The van der Waals surface area contributed by atoms with Gasteiger partial charge >= 0.3 is 6.09 Å². The van der Waals surface area contributed by atoms with Crippen LogP contribution in [-0.4, -0.2) is 47.2 Å². The van der Waals surface area contributed by atoms with Gasteiger partial charge in [0.05, 0.1) is 0 Å². The zero-order valence-electron chi connectivity index (χ0n) is 14.1. The largest absolute Gasteiger partial charge is 0.444 e. The van der Waals surface area contributed by atoms with Crippen LogP contribution >= 0.6 is 15.9 Å². The maximum absolute atomic E-state index is 13.5. The lowest BCUT2D eigenvalue weighted by Crippen LogP contribution is -2.54. The number of ether oxygens (including phenoxy) is 1. The van der Waals surface area contributed by atoms with Gasteiger partial charge < -0.3 is 9.64 Å².